The third kappa shape index (κ3) is 2.81. The summed E-state index contributed by atoms with van der Waals surface area (Å²) < 4.78 is 26.5. The molecule has 1 atom stereocenters. The number of benzene rings is 2. The van der Waals surface area contributed by atoms with Crippen LogP contribution in [-0.4, -0.2) is 0 Å². The molecule has 0 bridgehead atoms. The minimum atomic E-state index is -0.310. The van der Waals surface area contributed by atoms with Gasteiger partial charge in [0, 0.05) is 11.3 Å². The average molecular weight is 233 g/mol. The van der Waals surface area contributed by atoms with E-state index >= 15 is 0 Å². The highest BCUT2D eigenvalue weighted by Gasteiger charge is 2.09. The number of rotatable bonds is 3. The third-order valence-electron chi connectivity index (χ3n) is 2.58. The fraction of sp³-hybridized carbons (Fsp3) is 0.143. The minimum Gasteiger partial charge on any atom is -0.378 e. The molecule has 0 aliphatic heterocycles. The van der Waals surface area contributed by atoms with Gasteiger partial charge in [-0.25, -0.2) is 8.78 Å². The van der Waals surface area contributed by atoms with Crippen molar-refractivity contribution in [3.63, 3.8) is 0 Å². The Morgan fingerprint density at radius 1 is 1.00 bits per heavy atom. The van der Waals surface area contributed by atoms with Crippen molar-refractivity contribution in [2.75, 3.05) is 5.32 Å². The summed E-state index contributed by atoms with van der Waals surface area (Å²) in [6, 6.07) is 12.5. The molecular weight excluding hydrogens is 220 g/mol. The van der Waals surface area contributed by atoms with Crippen molar-refractivity contribution in [3.05, 3.63) is 65.7 Å². The lowest BCUT2D eigenvalue weighted by atomic mass is 10.1. The lowest BCUT2D eigenvalue weighted by Crippen LogP contribution is -2.08. The van der Waals surface area contributed by atoms with Crippen LogP contribution < -0.4 is 5.32 Å². The Morgan fingerprint density at radius 2 is 1.76 bits per heavy atom. The van der Waals surface area contributed by atoms with Gasteiger partial charge in [-0.3, -0.25) is 0 Å². The zero-order valence-electron chi connectivity index (χ0n) is 9.45. The van der Waals surface area contributed by atoms with Crippen LogP contribution in [-0.2, 0) is 0 Å². The molecule has 0 spiro atoms. The van der Waals surface area contributed by atoms with Crippen LogP contribution in [0.1, 0.15) is 18.5 Å². The zero-order chi connectivity index (χ0) is 12.3. The van der Waals surface area contributed by atoms with E-state index in [-0.39, 0.29) is 17.7 Å². The van der Waals surface area contributed by atoms with Gasteiger partial charge in [0.25, 0.3) is 0 Å². The lowest BCUT2D eigenvalue weighted by Gasteiger charge is -2.16. The van der Waals surface area contributed by atoms with Crippen LogP contribution >= 0.6 is 0 Å². The van der Waals surface area contributed by atoms with E-state index in [1.165, 1.54) is 18.2 Å². The second-order valence-corrected chi connectivity index (χ2v) is 3.90. The summed E-state index contributed by atoms with van der Waals surface area (Å²) in [5.74, 6) is -0.570. The summed E-state index contributed by atoms with van der Waals surface area (Å²) in [5, 5.41) is 3.06. The predicted molar refractivity (Wildman–Crippen MR) is 64.8 cm³/mol. The lowest BCUT2D eigenvalue weighted by molar-refractivity contribution is 0.600. The van der Waals surface area contributed by atoms with E-state index in [4.69, 9.17) is 0 Å². The molecule has 0 heterocycles. The molecule has 0 fully saturated rings. The smallest absolute Gasteiger partial charge is 0.128 e. The topological polar surface area (TPSA) is 12.0 Å². The van der Waals surface area contributed by atoms with Gasteiger partial charge in [-0.15, -0.1) is 0 Å². The molecule has 0 aromatic heterocycles. The molecule has 1 N–H and O–H groups in total. The number of halogens is 2. The number of hydrogen-bond donors (Lipinski definition) is 1. The van der Waals surface area contributed by atoms with Crippen LogP contribution in [0.3, 0.4) is 0 Å². The highest BCUT2D eigenvalue weighted by Crippen LogP contribution is 2.21. The Balaban J connectivity index is 2.17. The van der Waals surface area contributed by atoms with Crippen molar-refractivity contribution in [2.24, 2.45) is 0 Å². The van der Waals surface area contributed by atoms with Gasteiger partial charge in [-0.2, -0.15) is 0 Å². The summed E-state index contributed by atoms with van der Waals surface area (Å²) in [7, 11) is 0. The maximum atomic E-state index is 13.5. The van der Waals surface area contributed by atoms with E-state index in [0.717, 1.165) is 0 Å². The summed E-state index contributed by atoms with van der Waals surface area (Å²) in [6.07, 6.45) is 0. The molecule has 3 heteroatoms. The first-order chi connectivity index (χ1) is 8.16. The van der Waals surface area contributed by atoms with E-state index in [2.05, 4.69) is 5.32 Å². The van der Waals surface area contributed by atoms with E-state index in [9.17, 15) is 8.78 Å². The Labute approximate surface area is 99.1 Å². The molecule has 17 heavy (non-hydrogen) atoms. The summed E-state index contributed by atoms with van der Waals surface area (Å²) in [5.41, 5.74) is 1.21. The van der Waals surface area contributed by atoms with Crippen molar-refractivity contribution in [2.45, 2.75) is 13.0 Å². The molecule has 0 saturated heterocycles. The van der Waals surface area contributed by atoms with Gasteiger partial charge in [0.1, 0.15) is 11.6 Å². The average Bonchev–Trinajstić information content (AvgIpc) is 2.29. The van der Waals surface area contributed by atoms with Crippen LogP contribution in [0.5, 0.6) is 0 Å². The molecule has 2 aromatic carbocycles. The monoisotopic (exact) mass is 233 g/mol. The van der Waals surface area contributed by atoms with Gasteiger partial charge in [0.05, 0.1) is 6.04 Å². The van der Waals surface area contributed by atoms with Gasteiger partial charge in [0.2, 0.25) is 0 Å². The largest absolute Gasteiger partial charge is 0.378 e. The zero-order valence-corrected chi connectivity index (χ0v) is 9.45. The molecule has 1 unspecified atom stereocenters. The van der Waals surface area contributed by atoms with Crippen molar-refractivity contribution in [3.8, 4) is 0 Å². The minimum absolute atomic E-state index is 0.210. The van der Waals surface area contributed by atoms with Gasteiger partial charge >= 0.3 is 0 Å². The van der Waals surface area contributed by atoms with Crippen LogP contribution in [0.2, 0.25) is 0 Å². The predicted octanol–water partition coefficient (Wildman–Crippen LogP) is 4.14. The summed E-state index contributed by atoms with van der Waals surface area (Å²) in [4.78, 5) is 0. The van der Waals surface area contributed by atoms with E-state index < -0.39 is 0 Å². The summed E-state index contributed by atoms with van der Waals surface area (Å²) in [6.45, 7) is 1.84. The first kappa shape index (κ1) is 11.6. The van der Waals surface area contributed by atoms with Crippen molar-refractivity contribution >= 4 is 5.69 Å². The molecular formula is C14H13F2N. The Kier molecular flexibility index (Phi) is 3.38. The van der Waals surface area contributed by atoms with E-state index in [1.54, 1.807) is 30.3 Å². The first-order valence-corrected chi connectivity index (χ1v) is 5.43. The molecule has 0 saturated carbocycles. The SMILES string of the molecule is CC(Nc1cccc(F)c1)c1ccccc1F. The maximum Gasteiger partial charge on any atom is 0.128 e. The molecule has 2 aromatic rings. The molecule has 1 nitrogen and oxygen atoms in total. The Bertz CT molecular complexity index is 511. The van der Waals surface area contributed by atoms with Crippen molar-refractivity contribution in [1.82, 2.24) is 0 Å². The summed E-state index contributed by atoms with van der Waals surface area (Å²) >= 11 is 0. The number of anilines is 1. The first-order valence-electron chi connectivity index (χ1n) is 5.43. The van der Waals surface area contributed by atoms with Gasteiger partial charge in [-0.1, -0.05) is 24.3 Å². The van der Waals surface area contributed by atoms with Gasteiger partial charge in [0.15, 0.2) is 0 Å². The highest BCUT2D eigenvalue weighted by molar-refractivity contribution is 5.45. The fourth-order valence-electron chi connectivity index (χ4n) is 1.73. The van der Waals surface area contributed by atoms with Crippen LogP contribution in [0.25, 0.3) is 0 Å². The molecule has 88 valence electrons. The normalized spacial score (nSPS) is 12.2. The third-order valence-corrected chi connectivity index (χ3v) is 2.58. The van der Waals surface area contributed by atoms with Gasteiger partial charge < -0.3 is 5.32 Å². The second kappa shape index (κ2) is 4.95. The molecule has 0 amide bonds. The Morgan fingerprint density at radius 3 is 2.47 bits per heavy atom. The number of nitrogens with one attached hydrogen (secondary N) is 1. The number of hydrogen-bond acceptors (Lipinski definition) is 1. The second-order valence-electron chi connectivity index (χ2n) is 3.90. The van der Waals surface area contributed by atoms with E-state index in [0.29, 0.717) is 11.3 Å². The standard InChI is InChI=1S/C14H13F2N/c1-10(13-7-2-3-8-14(13)16)17-12-6-4-5-11(15)9-12/h2-10,17H,1H3. The fourth-order valence-corrected chi connectivity index (χ4v) is 1.73. The molecule has 0 radical (unpaired) electrons. The van der Waals surface area contributed by atoms with Crippen LogP contribution in [0, 0.1) is 11.6 Å². The van der Waals surface area contributed by atoms with Crippen LogP contribution in [0.4, 0.5) is 14.5 Å². The van der Waals surface area contributed by atoms with Crippen LogP contribution in [0.15, 0.2) is 48.5 Å². The highest BCUT2D eigenvalue weighted by atomic mass is 19.1. The maximum absolute atomic E-state index is 13.5. The van der Waals surface area contributed by atoms with E-state index in [1.807, 2.05) is 6.92 Å². The quantitative estimate of drug-likeness (QED) is 0.840. The molecule has 2 rings (SSSR count). The Hall–Kier alpha value is -1.90. The van der Waals surface area contributed by atoms with Crippen molar-refractivity contribution < 1.29 is 8.78 Å². The molecule has 0 aliphatic rings. The van der Waals surface area contributed by atoms with Gasteiger partial charge in [-0.05, 0) is 31.2 Å². The van der Waals surface area contributed by atoms with Crippen molar-refractivity contribution in [1.29, 1.82) is 0 Å². The molecule has 0 aliphatic carbocycles.